The van der Waals surface area contributed by atoms with E-state index >= 15 is 0 Å². The van der Waals surface area contributed by atoms with Crippen LogP contribution in [-0.2, 0) is 0 Å². The van der Waals surface area contributed by atoms with Crippen LogP contribution in [0.15, 0.2) is 76.0 Å². The molecule has 0 aromatic heterocycles. The molecule has 2 fully saturated rings. The smallest absolute Gasteiger partial charge is 0.0221 e. The average molecular weight is 525 g/mol. The lowest BCUT2D eigenvalue weighted by Gasteiger charge is -2.50. The molecule has 188 valence electrons. The molecule has 2 aromatic rings. The third kappa shape index (κ3) is 1.23. The molecule has 0 nitrogen and oxygen atoms in total. The van der Waals surface area contributed by atoms with Crippen LogP contribution in [0.2, 0.25) is 0 Å². The van der Waals surface area contributed by atoms with E-state index in [4.69, 9.17) is 0 Å². The van der Waals surface area contributed by atoms with Crippen LogP contribution < -0.4 is 10.4 Å². The van der Waals surface area contributed by atoms with Crippen LogP contribution in [-0.4, -0.2) is 0 Å². The molecule has 0 saturated heterocycles. The highest BCUT2D eigenvalue weighted by molar-refractivity contribution is 6.20. The molecule has 0 aliphatic heterocycles. The van der Waals surface area contributed by atoms with Gasteiger partial charge in [-0.2, -0.15) is 0 Å². The maximum atomic E-state index is 2.76. The summed E-state index contributed by atoms with van der Waals surface area (Å²) in [5, 5.41) is 3.16. The van der Waals surface area contributed by atoms with E-state index < -0.39 is 0 Å². The summed E-state index contributed by atoms with van der Waals surface area (Å²) in [5.74, 6) is 5.82. The van der Waals surface area contributed by atoms with E-state index in [0.29, 0.717) is 41.4 Å². The molecule has 42 heavy (non-hydrogen) atoms. The van der Waals surface area contributed by atoms with Gasteiger partial charge in [-0.05, 0) is 182 Å². The number of hydrogen-bond donors (Lipinski definition) is 0. The summed E-state index contributed by atoms with van der Waals surface area (Å²) in [6, 6.07) is 2.59. The molecule has 15 aliphatic rings. The highest BCUT2D eigenvalue weighted by Gasteiger charge is 2.70. The average Bonchev–Trinajstić information content (AvgIpc) is 3.81. The zero-order chi connectivity index (χ0) is 25.5. The van der Waals surface area contributed by atoms with E-state index in [0.717, 1.165) is 11.8 Å². The maximum Gasteiger partial charge on any atom is 0.0221 e. The molecule has 2 saturated carbocycles. The fourth-order valence-corrected chi connectivity index (χ4v) is 15.1. The second-order valence-corrected chi connectivity index (χ2v) is 16.1. The maximum absolute atomic E-state index is 2.76. The third-order valence-electron chi connectivity index (χ3n) is 15.4. The highest BCUT2D eigenvalue weighted by Crippen LogP contribution is 2.82. The molecular weight excluding hydrogens is 504 g/mol. The monoisotopic (exact) mass is 524 g/mol. The second kappa shape index (κ2) is 4.56. The van der Waals surface area contributed by atoms with Gasteiger partial charge in [0.15, 0.2) is 0 Å². The number of benzene rings is 2. The minimum absolute atomic E-state index is 0.524. The molecule has 9 unspecified atom stereocenters. The minimum atomic E-state index is 0.524. The summed E-state index contributed by atoms with van der Waals surface area (Å²) in [5.41, 5.74) is 35.7. The zero-order valence-electron chi connectivity index (χ0n) is 22.6. The van der Waals surface area contributed by atoms with Crippen molar-refractivity contribution in [1.82, 2.24) is 0 Å². The Morgan fingerprint density at radius 3 is 2.43 bits per heavy atom. The Morgan fingerprint density at radius 1 is 0.548 bits per heavy atom. The van der Waals surface area contributed by atoms with E-state index in [-0.39, 0.29) is 0 Å². The van der Waals surface area contributed by atoms with Crippen molar-refractivity contribution in [1.29, 1.82) is 0 Å². The van der Waals surface area contributed by atoms with Gasteiger partial charge in [0.25, 0.3) is 0 Å². The molecule has 15 aliphatic carbocycles. The Kier molecular flexibility index (Phi) is 1.92. The van der Waals surface area contributed by atoms with Gasteiger partial charge in [-0.3, -0.25) is 0 Å². The van der Waals surface area contributed by atoms with Crippen molar-refractivity contribution in [3.05, 3.63) is 136 Å². The van der Waals surface area contributed by atoms with Crippen LogP contribution in [0.3, 0.4) is 0 Å². The van der Waals surface area contributed by atoms with E-state index in [1.807, 2.05) is 33.4 Å². The van der Waals surface area contributed by atoms with Crippen LogP contribution in [0.5, 0.6) is 0 Å². The zero-order valence-corrected chi connectivity index (χ0v) is 22.6. The summed E-state index contributed by atoms with van der Waals surface area (Å²) in [6.07, 6.45) is 22.5. The lowest BCUT2D eigenvalue weighted by molar-refractivity contribution is 0.236. The Hall–Kier alpha value is -4.16. The molecule has 17 rings (SSSR count). The first kappa shape index (κ1) is 17.7. The van der Waals surface area contributed by atoms with Crippen molar-refractivity contribution >= 4 is 45.6 Å². The third-order valence-corrected chi connectivity index (χ3v) is 15.4. The molecule has 2 aromatic carbocycles. The fourth-order valence-electron chi connectivity index (χ4n) is 15.1. The lowest BCUT2D eigenvalue weighted by atomic mass is 9.53. The van der Waals surface area contributed by atoms with Gasteiger partial charge in [0, 0.05) is 23.7 Å². The first-order valence-electron chi connectivity index (χ1n) is 16.5. The molecule has 9 atom stereocenters. The van der Waals surface area contributed by atoms with Gasteiger partial charge in [-0.1, -0.05) is 36.0 Å². The minimum Gasteiger partial charge on any atom is -0.0725 e. The van der Waals surface area contributed by atoms with Gasteiger partial charge < -0.3 is 0 Å². The molecule has 0 radical (unpaired) electrons. The van der Waals surface area contributed by atoms with Gasteiger partial charge in [-0.15, -0.1) is 0 Å². The van der Waals surface area contributed by atoms with Gasteiger partial charge in [0.05, 0.1) is 0 Å². The molecule has 0 heterocycles. The largest absolute Gasteiger partial charge is 0.0725 e. The standard InChI is InChI=1S/C42H20/c1-11-3-15-7-19-9-17-5-13-2-14-6-18-10-20-8-16-4-12(1)22-26(16)34-30(20)36-28(18)24(14)32-23(13)27(17)35-29(19)33-25(15)21(11)31(22)37-39(33)41(35)38(32)42(36)40(34)37/h1-5,7-10,14,24,28-30,33,36,40,42H,6H2. The van der Waals surface area contributed by atoms with E-state index in [9.17, 15) is 0 Å². The summed E-state index contributed by atoms with van der Waals surface area (Å²) in [7, 11) is 0. The number of rotatable bonds is 0. The fraction of sp³-hybridized carbons (Fsp3) is 0.238. The molecule has 0 amide bonds. The first-order valence-corrected chi connectivity index (χ1v) is 16.5. The summed E-state index contributed by atoms with van der Waals surface area (Å²) >= 11 is 0. The van der Waals surface area contributed by atoms with Crippen LogP contribution >= 0.6 is 0 Å². The predicted molar refractivity (Wildman–Crippen MR) is 164 cm³/mol. The van der Waals surface area contributed by atoms with Crippen molar-refractivity contribution in [2.45, 2.75) is 24.2 Å². The normalized spacial score (nSPS) is 42.0. The van der Waals surface area contributed by atoms with E-state index in [2.05, 4.69) is 54.7 Å². The van der Waals surface area contributed by atoms with Crippen LogP contribution in [0.25, 0.3) is 45.6 Å². The Bertz CT molecular complexity index is 2670. The molecule has 0 heteroatoms. The van der Waals surface area contributed by atoms with Crippen molar-refractivity contribution in [3.63, 3.8) is 0 Å². The summed E-state index contributed by atoms with van der Waals surface area (Å²) in [4.78, 5) is 0. The van der Waals surface area contributed by atoms with Gasteiger partial charge in [0.1, 0.15) is 0 Å². The highest BCUT2D eigenvalue weighted by atomic mass is 14.7. The van der Waals surface area contributed by atoms with E-state index in [1.165, 1.54) is 33.9 Å². The van der Waals surface area contributed by atoms with Gasteiger partial charge in [-0.25, -0.2) is 0 Å². The molecule has 0 N–H and O–H groups in total. The van der Waals surface area contributed by atoms with Crippen LogP contribution in [0, 0.1) is 35.5 Å². The van der Waals surface area contributed by atoms with Crippen molar-refractivity contribution in [2.75, 3.05) is 0 Å². The topological polar surface area (TPSA) is 0 Å². The first-order chi connectivity index (χ1) is 20.8. The number of allylic oxidation sites excluding steroid dienone is 17. The quantitative estimate of drug-likeness (QED) is 0.361. The summed E-state index contributed by atoms with van der Waals surface area (Å²) < 4.78 is 0. The Labute approximate surface area is 241 Å². The molecular formula is C42H20. The second-order valence-electron chi connectivity index (χ2n) is 16.1. The van der Waals surface area contributed by atoms with Gasteiger partial charge >= 0.3 is 0 Å². The van der Waals surface area contributed by atoms with Crippen molar-refractivity contribution < 1.29 is 0 Å². The SMILES string of the molecule is C1=C2C=C3C=C4CC5C=C6C=C7C=C8C=C9C=c%10cc1c1c%11c%10=C9C9C%10=C%11C%11C(=C21)C3C1C4C5c2c6c7c(c%10c2C%111)C89. The Balaban J connectivity index is 1.25. The lowest BCUT2D eigenvalue weighted by Crippen LogP contribution is -2.41. The summed E-state index contributed by atoms with van der Waals surface area (Å²) in [6.45, 7) is 0. The van der Waals surface area contributed by atoms with Gasteiger partial charge in [0.2, 0.25) is 0 Å². The number of hydrogen-bond acceptors (Lipinski definition) is 0. The van der Waals surface area contributed by atoms with Crippen molar-refractivity contribution in [2.24, 2.45) is 35.5 Å². The van der Waals surface area contributed by atoms with Crippen LogP contribution in [0.4, 0.5) is 0 Å². The van der Waals surface area contributed by atoms with Crippen LogP contribution in [0.1, 0.15) is 74.2 Å². The van der Waals surface area contributed by atoms with Crippen molar-refractivity contribution in [3.8, 4) is 0 Å². The van der Waals surface area contributed by atoms with E-state index in [1.54, 1.807) is 66.5 Å². The predicted octanol–water partition coefficient (Wildman–Crippen LogP) is 6.68. The molecule has 0 bridgehead atoms. The molecule has 0 spiro atoms. The Morgan fingerprint density at radius 2 is 1.43 bits per heavy atom.